The number of halogens is 6. The Morgan fingerprint density at radius 1 is 0.217 bits per heavy atom. The largest absolute Gasteiger partial charge is 2.00 e. The molecule has 0 saturated heterocycles. The van der Waals surface area contributed by atoms with E-state index in [1.165, 1.54) is 0 Å². The van der Waals surface area contributed by atoms with Gasteiger partial charge in [-0.1, -0.05) is 108 Å². The van der Waals surface area contributed by atoms with Gasteiger partial charge in [0.2, 0.25) is 0 Å². The maximum Gasteiger partial charge on any atom is 2.00 e. The van der Waals surface area contributed by atoms with Crippen molar-refractivity contribution >= 4 is 304 Å². The van der Waals surface area contributed by atoms with Crippen molar-refractivity contribution in [3.63, 3.8) is 0 Å². The van der Waals surface area contributed by atoms with Crippen molar-refractivity contribution in [2.75, 3.05) is 71.2 Å². The van der Waals surface area contributed by atoms with Crippen LogP contribution in [-0.2, 0) is 9.13 Å². The molecule has 0 radical (unpaired) electrons. The summed E-state index contributed by atoms with van der Waals surface area (Å²) in [6, 6.07) is 41.7. The number of benzene rings is 6. The Hall–Kier alpha value is -6.50. The Morgan fingerprint density at radius 3 is 0.426 bits per heavy atom. The van der Waals surface area contributed by atoms with Crippen molar-refractivity contribution in [3.8, 4) is 0 Å². The molecule has 49 heteroatoms. The molecule has 30 N–H and O–H groups in total. The van der Waals surface area contributed by atoms with Crippen LogP contribution in [-0.4, -0.2) is 224 Å². The summed E-state index contributed by atoms with van der Waals surface area (Å²) in [6.45, 7) is 3.74. The Morgan fingerprint density at radius 2 is 0.322 bits per heavy atom. The first-order valence-corrected chi connectivity index (χ1v) is 38.8. The van der Waals surface area contributed by atoms with Gasteiger partial charge in [-0.25, -0.2) is 0 Å². The third kappa shape index (κ3) is 66.1. The first kappa shape index (κ1) is 111. The summed E-state index contributed by atoms with van der Waals surface area (Å²) in [6.07, 6.45) is 11.1. The van der Waals surface area contributed by atoms with Gasteiger partial charge in [-0.05, 0) is 184 Å². The minimum atomic E-state index is -5.39. The molecule has 38 nitrogen and oxygen atoms in total. The van der Waals surface area contributed by atoms with Crippen molar-refractivity contribution < 1.29 is 38.5 Å². The van der Waals surface area contributed by atoms with E-state index in [2.05, 4.69) is 95.7 Å². The molecule has 0 bridgehead atoms. The summed E-state index contributed by atoms with van der Waals surface area (Å²) in [4.78, 5) is 51.3. The van der Waals surface area contributed by atoms with Gasteiger partial charge in [0.15, 0.2) is 71.5 Å². The topological polar surface area (TPSA) is 675 Å². The van der Waals surface area contributed by atoms with Crippen LogP contribution in [0.1, 0.15) is 77.0 Å². The Kier molecular flexibility index (Phi) is 62.0. The van der Waals surface area contributed by atoms with Crippen molar-refractivity contribution in [2.45, 2.75) is 77.0 Å². The van der Waals surface area contributed by atoms with E-state index in [0.717, 1.165) is 77.0 Å². The fraction of sp³-hybridized carbons (Fsp3) is 0.273. The zero-order valence-corrected chi connectivity index (χ0v) is 75.1. The molecule has 0 spiro atoms. The summed E-state index contributed by atoms with van der Waals surface area (Å²) in [5.74, 6) is 0.337. The molecule has 0 atom stereocenters. The number of guanidine groups is 12. The number of anilines is 6. The summed E-state index contributed by atoms with van der Waals surface area (Å²) in [5, 5.41) is 148. The summed E-state index contributed by atoms with van der Waals surface area (Å²) < 4.78 is 17.1. The summed E-state index contributed by atoms with van der Waals surface area (Å²) in [5.41, 5.74) is 4.26. The van der Waals surface area contributed by atoms with Gasteiger partial charge in [0.1, 0.15) is 0 Å². The molecule has 0 fully saturated rings. The molecule has 6 aromatic rings. The smallest absolute Gasteiger partial charge is 0.822 e. The predicted molar refractivity (Wildman–Crippen MR) is 458 cm³/mol. The van der Waals surface area contributed by atoms with Gasteiger partial charge >= 0.3 is 113 Å². The van der Waals surface area contributed by atoms with Crippen LogP contribution in [0.5, 0.6) is 0 Å². The van der Waals surface area contributed by atoms with E-state index < -0.39 is 15.6 Å². The van der Waals surface area contributed by atoms with E-state index in [0.29, 0.717) is 104 Å². The van der Waals surface area contributed by atoms with Crippen LogP contribution in [0.3, 0.4) is 0 Å². The van der Waals surface area contributed by atoms with Crippen molar-refractivity contribution in [1.82, 2.24) is 63.8 Å². The monoisotopic (exact) mass is 1820 g/mol. The van der Waals surface area contributed by atoms with Crippen molar-refractivity contribution in [2.24, 2.45) is 0 Å². The number of hydrogen-bond acceptors (Lipinski definition) is 20. The normalized spacial score (nSPS) is 9.95. The minimum absolute atomic E-state index is 0. The minimum Gasteiger partial charge on any atom is -0.822 e. The standard InChI is InChI=1S/3C22H30Cl2N10.3Ca.2H3O4P/c3*23-15-5-9-17(10-6-15)31-21(27)33-19(25)29-13-3-1-2-4-14-30-20(26)34-22(28)32-18-11-7-16(24)8-12-18;;;;2*1-5(2,3)4/h3*5-12H,1-4,13-14H2,(H5,25,27,29,31,33)(H5,26,28,30,32,34);;;;2*(H3,1,2,3,4)/q;;;3*+2;;/p-6. The van der Waals surface area contributed by atoms with Gasteiger partial charge in [0.05, 0.1) is 0 Å². The molecule has 0 aliphatic heterocycles. The van der Waals surface area contributed by atoms with Crippen LogP contribution in [0.15, 0.2) is 146 Å². The van der Waals surface area contributed by atoms with Crippen molar-refractivity contribution in [1.29, 1.82) is 64.9 Å². The molecule has 6 rings (SSSR count). The molecule has 0 unspecified atom stereocenters. The number of phosphoric acid groups is 2. The zero-order chi connectivity index (χ0) is 83.3. The van der Waals surface area contributed by atoms with Crippen LogP contribution in [0.2, 0.25) is 30.1 Å². The van der Waals surface area contributed by atoms with Crippen LogP contribution in [0, 0.1) is 64.9 Å². The van der Waals surface area contributed by atoms with Gasteiger partial charge in [-0.3, -0.25) is 96.8 Å². The number of nitrogens with one attached hydrogen (secondary N) is 30. The van der Waals surface area contributed by atoms with E-state index in [9.17, 15) is 0 Å². The van der Waals surface area contributed by atoms with Crippen molar-refractivity contribution in [3.05, 3.63) is 176 Å². The molecule has 610 valence electrons. The number of unbranched alkanes of at least 4 members (excludes halogenated alkanes) is 9. The molecule has 0 heterocycles. The zero-order valence-electron chi connectivity index (χ0n) is 62.1. The summed E-state index contributed by atoms with van der Waals surface area (Å²) >= 11 is 35.0. The maximum atomic E-state index is 8.55. The molecule has 0 amide bonds. The third-order valence-corrected chi connectivity index (χ3v) is 14.8. The Labute approximate surface area is 786 Å². The molecule has 6 aromatic carbocycles. The van der Waals surface area contributed by atoms with Crippen LogP contribution < -0.4 is 125 Å². The first-order valence-electron chi connectivity index (χ1n) is 33.6. The van der Waals surface area contributed by atoms with E-state index >= 15 is 0 Å². The van der Waals surface area contributed by atoms with Crippen LogP contribution >= 0.6 is 85.3 Å². The van der Waals surface area contributed by atoms with Gasteiger partial charge in [0, 0.05) is 104 Å². The second kappa shape index (κ2) is 64.5. The average Bonchev–Trinajstić information content (AvgIpc) is 0.937. The van der Waals surface area contributed by atoms with Crippen LogP contribution in [0.25, 0.3) is 0 Å². The number of hydrogen-bond donors (Lipinski definition) is 30. The van der Waals surface area contributed by atoms with E-state index in [-0.39, 0.29) is 185 Å². The molecule has 0 aliphatic rings. The number of rotatable bonds is 27. The maximum absolute atomic E-state index is 8.55. The van der Waals surface area contributed by atoms with E-state index in [1.54, 1.807) is 146 Å². The fourth-order valence-corrected chi connectivity index (χ4v) is 9.11. The molecular weight excluding hydrogens is 1740 g/mol. The Bertz CT molecular complexity index is 3410. The molecular formula is C66H90Ca3Cl6N30O8P2. The second-order valence-corrected chi connectivity index (χ2v) is 27.1. The van der Waals surface area contributed by atoms with Gasteiger partial charge in [-0.2, -0.15) is 15.6 Å². The molecule has 0 aromatic heterocycles. The van der Waals surface area contributed by atoms with E-state index in [4.69, 9.17) is 173 Å². The van der Waals surface area contributed by atoms with E-state index in [1.807, 2.05) is 0 Å². The van der Waals surface area contributed by atoms with Gasteiger partial charge < -0.3 is 102 Å². The predicted octanol–water partition coefficient (Wildman–Crippen LogP) is 5.73. The van der Waals surface area contributed by atoms with Gasteiger partial charge in [0.25, 0.3) is 0 Å². The SMILES string of the molecule is N=C(NCCCCCCNC(=N)NC(=N)Nc1ccc(Cl)cc1)NC(=N)Nc1ccc(Cl)cc1.N=C(NCCCCCCNC(=N)NC(=N)Nc1ccc(Cl)cc1)NC(=N)Nc1ccc(Cl)cc1.N=C(NCCCCCCNC(=N)NC(=N)Nc1ccc(Cl)cc1)NC(=N)Nc1ccc(Cl)cc1.O=P([O-])([O-])[O-].O=P([O-])([O-])[O-].[Ca+2].[Ca+2].[Ca+2]. The quantitative estimate of drug-likeness (QED) is 0.00961. The second-order valence-electron chi connectivity index (χ2n) is 22.7. The average molecular weight is 1830 g/mol. The van der Waals surface area contributed by atoms with Gasteiger partial charge in [-0.15, -0.1) is 0 Å². The molecule has 115 heavy (non-hydrogen) atoms. The summed E-state index contributed by atoms with van der Waals surface area (Å²) in [7, 11) is -10.8. The molecule has 0 saturated carbocycles. The third-order valence-electron chi connectivity index (χ3n) is 13.3. The molecule has 0 aliphatic carbocycles. The first-order chi connectivity index (χ1) is 52.9. The van der Waals surface area contributed by atoms with Crippen LogP contribution in [0.4, 0.5) is 34.1 Å². The fourth-order valence-electron chi connectivity index (χ4n) is 8.36. The Balaban J connectivity index is 0.